The molecule has 3 nitrogen and oxygen atoms in total. The molecule has 0 saturated carbocycles. The van der Waals surface area contributed by atoms with E-state index in [9.17, 15) is 18.7 Å². The van der Waals surface area contributed by atoms with Crippen molar-refractivity contribution in [1.29, 1.82) is 0 Å². The van der Waals surface area contributed by atoms with E-state index < -0.39 is 17.7 Å². The van der Waals surface area contributed by atoms with Gasteiger partial charge < -0.3 is 5.11 Å². The summed E-state index contributed by atoms with van der Waals surface area (Å²) in [5.74, 6) is -0.728. The summed E-state index contributed by atoms with van der Waals surface area (Å²) in [6.07, 6.45) is 1.21. The number of hydrogen-bond acceptors (Lipinski definition) is 3. The first-order valence-electron chi connectivity index (χ1n) is 11.1. The number of aromatic nitrogens is 1. The van der Waals surface area contributed by atoms with Gasteiger partial charge in [-0.2, -0.15) is 0 Å². The fraction of sp³-hybridized carbons (Fsp3) is 0.214. The molecule has 0 spiro atoms. The second kappa shape index (κ2) is 10.0. The van der Waals surface area contributed by atoms with Gasteiger partial charge in [-0.1, -0.05) is 43.3 Å². The van der Waals surface area contributed by atoms with Crippen molar-refractivity contribution < 1.29 is 18.7 Å². The number of fused-ring (bicyclic) bond motifs is 1. The average Bonchev–Trinajstić information content (AvgIpc) is 2.82. The number of carbonyl (C=O) groups excluding carboxylic acids is 1. The number of halogens is 2. The van der Waals surface area contributed by atoms with Gasteiger partial charge in [-0.15, -0.1) is 0 Å². The van der Waals surface area contributed by atoms with Crippen molar-refractivity contribution in [2.24, 2.45) is 0 Å². The van der Waals surface area contributed by atoms with Crippen LogP contribution in [-0.2, 0) is 11.2 Å². The molecule has 4 aromatic rings. The molecule has 0 saturated heterocycles. The highest BCUT2D eigenvalue weighted by atomic mass is 19.1. The van der Waals surface area contributed by atoms with Crippen LogP contribution in [0.15, 0.2) is 72.8 Å². The first kappa shape index (κ1) is 22.7. The number of nitrogens with zero attached hydrogens (tertiary/aromatic N) is 1. The van der Waals surface area contributed by atoms with Crippen molar-refractivity contribution in [3.05, 3.63) is 90.0 Å². The van der Waals surface area contributed by atoms with Crippen LogP contribution in [0.5, 0.6) is 0 Å². The molecule has 1 atom stereocenters. The highest BCUT2D eigenvalue weighted by Crippen LogP contribution is 2.35. The predicted octanol–water partition coefficient (Wildman–Crippen LogP) is 6.51. The van der Waals surface area contributed by atoms with Gasteiger partial charge in [-0.3, -0.25) is 4.79 Å². The van der Waals surface area contributed by atoms with Gasteiger partial charge in [-0.25, -0.2) is 13.8 Å². The van der Waals surface area contributed by atoms with E-state index >= 15 is 0 Å². The maximum Gasteiger partial charge on any atom is 0.137 e. The number of ketones is 1. The molecule has 3 aromatic carbocycles. The van der Waals surface area contributed by atoms with Crippen LogP contribution >= 0.6 is 0 Å². The SMILES string of the molecule is CCC(O)CCC(=O)Cc1ccc2nc(-c3cccc(F)c3)c(-c3ccccc3F)cc2c1. The Hall–Kier alpha value is -3.44. The lowest BCUT2D eigenvalue weighted by molar-refractivity contribution is -0.119. The van der Waals surface area contributed by atoms with Crippen molar-refractivity contribution >= 4 is 16.7 Å². The fourth-order valence-corrected chi connectivity index (χ4v) is 3.92. The van der Waals surface area contributed by atoms with E-state index in [1.54, 1.807) is 30.3 Å². The molecule has 33 heavy (non-hydrogen) atoms. The van der Waals surface area contributed by atoms with E-state index in [0.717, 1.165) is 10.9 Å². The van der Waals surface area contributed by atoms with E-state index in [2.05, 4.69) is 0 Å². The minimum absolute atomic E-state index is 0.0560. The number of aliphatic hydroxyl groups is 1. The minimum atomic E-state index is -0.459. The lowest BCUT2D eigenvalue weighted by Gasteiger charge is -2.13. The number of benzene rings is 3. The van der Waals surface area contributed by atoms with Gasteiger partial charge >= 0.3 is 0 Å². The Labute approximate surface area is 191 Å². The Balaban J connectivity index is 1.76. The van der Waals surface area contributed by atoms with Crippen LogP contribution in [0.1, 0.15) is 31.7 Å². The molecule has 1 aromatic heterocycles. The summed E-state index contributed by atoms with van der Waals surface area (Å²) in [7, 11) is 0. The number of aliphatic hydroxyl groups excluding tert-OH is 1. The molecule has 0 fully saturated rings. The van der Waals surface area contributed by atoms with E-state index in [0.29, 0.717) is 47.2 Å². The summed E-state index contributed by atoms with van der Waals surface area (Å²) in [5, 5.41) is 10.5. The van der Waals surface area contributed by atoms with Gasteiger partial charge in [0.15, 0.2) is 0 Å². The summed E-state index contributed by atoms with van der Waals surface area (Å²) in [6.45, 7) is 1.89. The Kier molecular flexibility index (Phi) is 6.90. The van der Waals surface area contributed by atoms with Crippen LogP contribution in [0.3, 0.4) is 0 Å². The Morgan fingerprint density at radius 1 is 0.970 bits per heavy atom. The standard InChI is InChI=1S/C28H25F2NO2/c1-2-22(32)11-12-23(33)15-18-10-13-27-20(14-18)17-25(24-8-3-4-9-26(24)30)28(31-27)19-6-5-7-21(29)16-19/h3-10,13-14,16-17,22,32H,2,11-12,15H2,1H3. The molecule has 0 radical (unpaired) electrons. The van der Waals surface area contributed by atoms with Crippen molar-refractivity contribution in [2.75, 3.05) is 0 Å². The van der Waals surface area contributed by atoms with Crippen LogP contribution < -0.4 is 0 Å². The molecular weight excluding hydrogens is 420 g/mol. The lowest BCUT2D eigenvalue weighted by atomic mass is 9.95. The molecule has 0 bridgehead atoms. The van der Waals surface area contributed by atoms with Crippen LogP contribution in [0.4, 0.5) is 8.78 Å². The molecule has 0 aliphatic heterocycles. The molecule has 1 unspecified atom stereocenters. The van der Waals surface area contributed by atoms with Crippen molar-refractivity contribution in [1.82, 2.24) is 4.98 Å². The van der Waals surface area contributed by atoms with Crippen molar-refractivity contribution in [3.63, 3.8) is 0 Å². The second-order valence-electron chi connectivity index (χ2n) is 8.22. The quantitative estimate of drug-likeness (QED) is 0.336. The summed E-state index contributed by atoms with van der Waals surface area (Å²) in [5.41, 5.74) is 3.49. The van der Waals surface area contributed by atoms with Crippen molar-refractivity contribution in [2.45, 2.75) is 38.7 Å². The normalized spacial score (nSPS) is 12.1. The molecule has 1 heterocycles. The highest BCUT2D eigenvalue weighted by Gasteiger charge is 2.16. The van der Waals surface area contributed by atoms with E-state index in [4.69, 9.17) is 4.98 Å². The zero-order valence-electron chi connectivity index (χ0n) is 18.4. The molecule has 168 valence electrons. The zero-order chi connectivity index (χ0) is 23.4. The van der Waals surface area contributed by atoms with Crippen LogP contribution in [0.2, 0.25) is 0 Å². The lowest BCUT2D eigenvalue weighted by Crippen LogP contribution is -2.10. The number of hydrogen-bond donors (Lipinski definition) is 1. The highest BCUT2D eigenvalue weighted by molar-refractivity contribution is 5.92. The minimum Gasteiger partial charge on any atom is -0.393 e. The van der Waals surface area contributed by atoms with Crippen LogP contribution in [0, 0.1) is 11.6 Å². The maximum atomic E-state index is 14.7. The fourth-order valence-electron chi connectivity index (χ4n) is 3.92. The third kappa shape index (κ3) is 5.32. The monoisotopic (exact) mass is 445 g/mol. The first-order chi connectivity index (χ1) is 15.9. The van der Waals surface area contributed by atoms with E-state index in [-0.39, 0.29) is 12.2 Å². The average molecular weight is 446 g/mol. The summed E-state index contributed by atoms with van der Waals surface area (Å²) >= 11 is 0. The van der Waals surface area contributed by atoms with Gasteiger partial charge in [0.1, 0.15) is 17.4 Å². The number of Topliss-reactive ketones (excluding diaryl/α,β-unsaturated/α-hetero) is 1. The van der Waals surface area contributed by atoms with E-state index in [1.807, 2.05) is 31.2 Å². The summed E-state index contributed by atoms with van der Waals surface area (Å²) in [4.78, 5) is 17.1. The van der Waals surface area contributed by atoms with Gasteiger partial charge in [0.2, 0.25) is 0 Å². The molecule has 1 N–H and O–H groups in total. The Morgan fingerprint density at radius 2 is 1.79 bits per heavy atom. The zero-order valence-corrected chi connectivity index (χ0v) is 18.4. The van der Waals surface area contributed by atoms with Gasteiger partial charge in [-0.05, 0) is 54.8 Å². The first-order valence-corrected chi connectivity index (χ1v) is 11.1. The third-order valence-corrected chi connectivity index (χ3v) is 5.77. The van der Waals surface area contributed by atoms with Crippen LogP contribution in [-0.4, -0.2) is 22.0 Å². The van der Waals surface area contributed by atoms with Crippen LogP contribution in [0.25, 0.3) is 33.3 Å². The van der Waals surface area contributed by atoms with Gasteiger partial charge in [0.05, 0.1) is 17.3 Å². The number of carbonyl (C=O) groups is 1. The Bertz CT molecular complexity index is 1300. The molecule has 0 amide bonds. The molecular formula is C28H25F2NO2. The topological polar surface area (TPSA) is 50.2 Å². The molecule has 4 rings (SSSR count). The maximum absolute atomic E-state index is 14.7. The number of rotatable bonds is 8. The van der Waals surface area contributed by atoms with Gasteiger partial charge in [0.25, 0.3) is 0 Å². The number of pyridine rings is 1. The Morgan fingerprint density at radius 3 is 2.55 bits per heavy atom. The third-order valence-electron chi connectivity index (χ3n) is 5.77. The van der Waals surface area contributed by atoms with Crippen molar-refractivity contribution in [3.8, 4) is 22.4 Å². The van der Waals surface area contributed by atoms with E-state index in [1.165, 1.54) is 18.2 Å². The summed E-state index contributed by atoms with van der Waals surface area (Å²) in [6, 6.07) is 19.9. The molecule has 0 aliphatic rings. The molecule has 0 aliphatic carbocycles. The smallest absolute Gasteiger partial charge is 0.137 e. The van der Waals surface area contributed by atoms with Gasteiger partial charge in [0, 0.05) is 34.9 Å². The largest absolute Gasteiger partial charge is 0.393 e. The predicted molar refractivity (Wildman–Crippen MR) is 127 cm³/mol. The summed E-state index contributed by atoms with van der Waals surface area (Å²) < 4.78 is 28.7. The molecule has 5 heteroatoms. The second-order valence-corrected chi connectivity index (χ2v) is 8.22.